The molecular formula is C12H17BrN2O2. The SMILES string of the molecule is COC(CN)C(=O)NC(C)c1ccc(Br)cc1. The number of nitrogens with one attached hydrogen (secondary N) is 1. The number of nitrogens with two attached hydrogens (primary N) is 1. The highest BCUT2D eigenvalue weighted by molar-refractivity contribution is 9.10. The quantitative estimate of drug-likeness (QED) is 0.868. The highest BCUT2D eigenvalue weighted by atomic mass is 79.9. The maximum atomic E-state index is 11.7. The van der Waals surface area contributed by atoms with Crippen molar-refractivity contribution in [2.75, 3.05) is 13.7 Å². The molecule has 3 N–H and O–H groups in total. The molecule has 0 radical (unpaired) electrons. The van der Waals surface area contributed by atoms with Gasteiger partial charge >= 0.3 is 0 Å². The van der Waals surface area contributed by atoms with Crippen molar-refractivity contribution in [2.24, 2.45) is 5.73 Å². The van der Waals surface area contributed by atoms with E-state index in [9.17, 15) is 4.79 Å². The number of halogens is 1. The Balaban J connectivity index is 2.62. The zero-order valence-corrected chi connectivity index (χ0v) is 11.5. The molecule has 5 heteroatoms. The number of rotatable bonds is 5. The van der Waals surface area contributed by atoms with Crippen LogP contribution in [0.4, 0.5) is 0 Å². The molecule has 2 unspecified atom stereocenters. The zero-order valence-electron chi connectivity index (χ0n) is 9.94. The van der Waals surface area contributed by atoms with E-state index in [1.54, 1.807) is 0 Å². The average Bonchev–Trinajstić information content (AvgIpc) is 2.31. The van der Waals surface area contributed by atoms with E-state index in [1.807, 2.05) is 31.2 Å². The Morgan fingerprint density at radius 1 is 1.47 bits per heavy atom. The van der Waals surface area contributed by atoms with Crippen LogP contribution < -0.4 is 11.1 Å². The molecule has 0 saturated heterocycles. The summed E-state index contributed by atoms with van der Waals surface area (Å²) in [5.41, 5.74) is 6.46. The van der Waals surface area contributed by atoms with Crippen molar-refractivity contribution in [3.63, 3.8) is 0 Å². The molecular weight excluding hydrogens is 284 g/mol. The Morgan fingerprint density at radius 3 is 2.53 bits per heavy atom. The second-order valence-corrected chi connectivity index (χ2v) is 4.66. The van der Waals surface area contributed by atoms with Gasteiger partial charge in [0.25, 0.3) is 5.91 Å². The van der Waals surface area contributed by atoms with Crippen molar-refractivity contribution in [2.45, 2.75) is 19.1 Å². The van der Waals surface area contributed by atoms with Gasteiger partial charge in [0.15, 0.2) is 0 Å². The molecule has 0 spiro atoms. The molecule has 1 rings (SSSR count). The number of methoxy groups -OCH3 is 1. The predicted octanol–water partition coefficient (Wildman–Crippen LogP) is 1.60. The third-order valence-corrected chi connectivity index (χ3v) is 3.05. The first kappa shape index (κ1) is 14.2. The summed E-state index contributed by atoms with van der Waals surface area (Å²) >= 11 is 3.37. The van der Waals surface area contributed by atoms with Crippen LogP contribution in [0.25, 0.3) is 0 Å². The van der Waals surface area contributed by atoms with Crippen LogP contribution in [0.2, 0.25) is 0 Å². The van der Waals surface area contributed by atoms with Crippen LogP contribution >= 0.6 is 15.9 Å². The van der Waals surface area contributed by atoms with Crippen molar-refractivity contribution in [3.05, 3.63) is 34.3 Å². The Kier molecular flexibility index (Phi) is 5.61. The summed E-state index contributed by atoms with van der Waals surface area (Å²) in [6.07, 6.45) is -0.590. The highest BCUT2D eigenvalue weighted by Gasteiger charge is 2.18. The van der Waals surface area contributed by atoms with Crippen LogP contribution in [0, 0.1) is 0 Å². The fourth-order valence-electron chi connectivity index (χ4n) is 1.45. The van der Waals surface area contributed by atoms with Crippen molar-refractivity contribution in [1.82, 2.24) is 5.32 Å². The lowest BCUT2D eigenvalue weighted by molar-refractivity contribution is -0.131. The highest BCUT2D eigenvalue weighted by Crippen LogP contribution is 2.16. The van der Waals surface area contributed by atoms with Crippen LogP contribution in [0.15, 0.2) is 28.7 Å². The molecule has 1 amide bonds. The maximum Gasteiger partial charge on any atom is 0.250 e. The van der Waals surface area contributed by atoms with E-state index in [1.165, 1.54) is 7.11 Å². The smallest absolute Gasteiger partial charge is 0.250 e. The van der Waals surface area contributed by atoms with Crippen LogP contribution in [0.3, 0.4) is 0 Å². The van der Waals surface area contributed by atoms with E-state index in [0.29, 0.717) is 0 Å². The minimum atomic E-state index is -0.590. The first-order chi connectivity index (χ1) is 8.08. The molecule has 0 aliphatic carbocycles. The number of carbonyl (C=O) groups is 1. The summed E-state index contributed by atoms with van der Waals surface area (Å²) < 4.78 is 5.98. The molecule has 1 aromatic rings. The second kappa shape index (κ2) is 6.74. The van der Waals surface area contributed by atoms with Crippen molar-refractivity contribution < 1.29 is 9.53 Å². The molecule has 0 bridgehead atoms. The molecule has 0 saturated carbocycles. The Labute approximate surface area is 110 Å². The summed E-state index contributed by atoms with van der Waals surface area (Å²) in [6.45, 7) is 2.10. The number of benzene rings is 1. The van der Waals surface area contributed by atoms with E-state index >= 15 is 0 Å². The molecule has 0 aromatic heterocycles. The molecule has 17 heavy (non-hydrogen) atoms. The first-order valence-corrected chi connectivity index (χ1v) is 6.16. The fraction of sp³-hybridized carbons (Fsp3) is 0.417. The summed E-state index contributed by atoms with van der Waals surface area (Å²) in [7, 11) is 1.47. The average molecular weight is 301 g/mol. The van der Waals surface area contributed by atoms with Crippen LogP contribution in [0.1, 0.15) is 18.5 Å². The van der Waals surface area contributed by atoms with Gasteiger partial charge in [-0.2, -0.15) is 0 Å². The van der Waals surface area contributed by atoms with Crippen LogP contribution in [-0.2, 0) is 9.53 Å². The molecule has 94 valence electrons. The molecule has 0 heterocycles. The largest absolute Gasteiger partial charge is 0.370 e. The fourth-order valence-corrected chi connectivity index (χ4v) is 1.72. The minimum Gasteiger partial charge on any atom is -0.370 e. The van der Waals surface area contributed by atoms with Crippen molar-refractivity contribution in [1.29, 1.82) is 0 Å². The molecule has 2 atom stereocenters. The summed E-state index contributed by atoms with van der Waals surface area (Å²) in [5, 5.41) is 2.86. The van der Waals surface area contributed by atoms with Gasteiger partial charge in [-0.1, -0.05) is 28.1 Å². The third kappa shape index (κ3) is 4.11. The molecule has 0 fully saturated rings. The van der Waals surface area contributed by atoms with Crippen molar-refractivity contribution in [3.8, 4) is 0 Å². The van der Waals surface area contributed by atoms with E-state index in [-0.39, 0.29) is 18.5 Å². The molecule has 0 aliphatic rings. The lowest BCUT2D eigenvalue weighted by Gasteiger charge is -2.18. The zero-order chi connectivity index (χ0) is 12.8. The number of hydrogen-bond donors (Lipinski definition) is 2. The van der Waals surface area contributed by atoms with E-state index in [4.69, 9.17) is 10.5 Å². The van der Waals surface area contributed by atoms with Gasteiger partial charge in [-0.15, -0.1) is 0 Å². The van der Waals surface area contributed by atoms with Gasteiger partial charge < -0.3 is 15.8 Å². The van der Waals surface area contributed by atoms with Gasteiger partial charge in [0, 0.05) is 18.1 Å². The van der Waals surface area contributed by atoms with E-state index in [0.717, 1.165) is 10.0 Å². The Bertz CT molecular complexity index is 363. The van der Waals surface area contributed by atoms with Gasteiger partial charge in [-0.3, -0.25) is 4.79 Å². The molecule has 1 aromatic carbocycles. The maximum absolute atomic E-state index is 11.7. The molecule has 4 nitrogen and oxygen atoms in total. The van der Waals surface area contributed by atoms with Gasteiger partial charge in [0.1, 0.15) is 6.10 Å². The van der Waals surface area contributed by atoms with Gasteiger partial charge in [-0.25, -0.2) is 0 Å². The number of ether oxygens (including phenoxy) is 1. The summed E-state index contributed by atoms with van der Waals surface area (Å²) in [4.78, 5) is 11.7. The number of hydrogen-bond acceptors (Lipinski definition) is 3. The standard InChI is InChI=1S/C12H17BrN2O2/c1-8(9-3-5-10(13)6-4-9)15-12(16)11(7-14)17-2/h3-6,8,11H,7,14H2,1-2H3,(H,15,16). The Hall–Kier alpha value is -0.910. The summed E-state index contributed by atoms with van der Waals surface area (Å²) in [6, 6.07) is 7.72. The van der Waals surface area contributed by atoms with Crippen LogP contribution in [-0.4, -0.2) is 25.7 Å². The normalized spacial score (nSPS) is 14.1. The van der Waals surface area contributed by atoms with Gasteiger partial charge in [0.2, 0.25) is 0 Å². The van der Waals surface area contributed by atoms with E-state index in [2.05, 4.69) is 21.2 Å². The monoisotopic (exact) mass is 300 g/mol. The van der Waals surface area contributed by atoms with E-state index < -0.39 is 6.10 Å². The predicted molar refractivity (Wildman–Crippen MR) is 70.6 cm³/mol. The molecule has 0 aliphatic heterocycles. The summed E-state index contributed by atoms with van der Waals surface area (Å²) in [5.74, 6) is -0.189. The van der Waals surface area contributed by atoms with Crippen molar-refractivity contribution >= 4 is 21.8 Å². The third-order valence-electron chi connectivity index (χ3n) is 2.52. The van der Waals surface area contributed by atoms with Gasteiger partial charge in [-0.05, 0) is 24.6 Å². The lowest BCUT2D eigenvalue weighted by Crippen LogP contribution is -2.41. The topological polar surface area (TPSA) is 64.3 Å². The number of amides is 1. The minimum absolute atomic E-state index is 0.0696. The second-order valence-electron chi connectivity index (χ2n) is 3.74. The number of carbonyl (C=O) groups excluding carboxylic acids is 1. The van der Waals surface area contributed by atoms with Gasteiger partial charge in [0.05, 0.1) is 6.04 Å². The van der Waals surface area contributed by atoms with Crippen LogP contribution in [0.5, 0.6) is 0 Å². The Morgan fingerprint density at radius 2 is 2.06 bits per heavy atom. The first-order valence-electron chi connectivity index (χ1n) is 5.37. The lowest BCUT2D eigenvalue weighted by atomic mass is 10.1.